The van der Waals surface area contributed by atoms with E-state index in [0.29, 0.717) is 35.7 Å². The number of rotatable bonds is 12. The summed E-state index contributed by atoms with van der Waals surface area (Å²) in [6.07, 6.45) is 2.00. The molecule has 0 saturated carbocycles. The molecule has 0 bridgehead atoms. The van der Waals surface area contributed by atoms with Gasteiger partial charge in [0.25, 0.3) is 0 Å². The number of hydrogen-bond acceptors (Lipinski definition) is 9. The number of amides is 2. The van der Waals surface area contributed by atoms with Gasteiger partial charge in [0.15, 0.2) is 11.4 Å². The van der Waals surface area contributed by atoms with Crippen LogP contribution in [0.5, 0.6) is 0 Å². The van der Waals surface area contributed by atoms with Crippen molar-refractivity contribution in [2.45, 2.75) is 55.9 Å². The zero-order chi connectivity index (χ0) is 30.0. The van der Waals surface area contributed by atoms with E-state index in [9.17, 15) is 14.7 Å². The number of hydrogen-bond donors (Lipinski definition) is 5. The van der Waals surface area contributed by atoms with Gasteiger partial charge in [0.2, 0.25) is 11.8 Å². The molecule has 5 rings (SSSR count). The van der Waals surface area contributed by atoms with Crippen molar-refractivity contribution < 1.29 is 24.2 Å². The summed E-state index contributed by atoms with van der Waals surface area (Å²) in [5, 5.41) is 22.6. The predicted molar refractivity (Wildman–Crippen MR) is 164 cm³/mol. The number of para-hydroxylation sites is 2. The highest BCUT2D eigenvalue weighted by molar-refractivity contribution is 7.99. The molecule has 3 atom stereocenters. The first kappa shape index (κ1) is 30.2. The third-order valence-electron chi connectivity index (χ3n) is 6.92. The number of aliphatic hydroxyl groups excluding tert-OH is 1. The van der Waals surface area contributed by atoms with Crippen LogP contribution >= 0.6 is 11.8 Å². The normalized spacial score (nSPS) is 18.2. The Hall–Kier alpha value is -4.23. The number of anilines is 3. The smallest absolute Gasteiger partial charge is 0.224 e. The van der Waals surface area contributed by atoms with Crippen molar-refractivity contribution in [2.75, 3.05) is 22.1 Å². The van der Waals surface area contributed by atoms with Gasteiger partial charge in [0.1, 0.15) is 6.33 Å². The summed E-state index contributed by atoms with van der Waals surface area (Å²) < 4.78 is 12.7. The Kier molecular flexibility index (Phi) is 10.4. The maximum absolute atomic E-state index is 12.5. The van der Waals surface area contributed by atoms with Crippen LogP contribution in [0.25, 0.3) is 0 Å². The molecule has 3 aromatic carbocycles. The Morgan fingerprint density at radius 1 is 0.953 bits per heavy atom. The second-order valence-corrected chi connectivity index (χ2v) is 11.1. The molecule has 0 radical (unpaired) electrons. The fourth-order valence-electron chi connectivity index (χ4n) is 4.64. The number of carbonyl (C=O) groups is 2. The molecule has 43 heavy (non-hydrogen) atoms. The van der Waals surface area contributed by atoms with E-state index in [2.05, 4.69) is 25.8 Å². The zero-order valence-corrected chi connectivity index (χ0v) is 24.3. The van der Waals surface area contributed by atoms with Gasteiger partial charge < -0.3 is 30.9 Å². The summed E-state index contributed by atoms with van der Waals surface area (Å²) in [5.41, 5.74) is 10.2. The van der Waals surface area contributed by atoms with Crippen molar-refractivity contribution in [1.29, 1.82) is 0 Å². The second kappa shape index (κ2) is 14.8. The molecule has 2 amide bonds. The van der Waals surface area contributed by atoms with Crippen LogP contribution in [0.15, 0.2) is 84.3 Å². The average molecular weight is 603 g/mol. The molecule has 1 aliphatic heterocycles. The topological polar surface area (TPSA) is 164 Å². The molecule has 4 aromatic rings. The largest absolute Gasteiger partial charge is 0.397 e. The molecular formula is C31H34N6O5S. The molecule has 1 saturated heterocycles. The van der Waals surface area contributed by atoms with Gasteiger partial charge in [-0.3, -0.25) is 14.7 Å². The van der Waals surface area contributed by atoms with E-state index in [0.717, 1.165) is 21.8 Å². The SMILES string of the molecule is Nc1ccccc1NC(=O)CCCC(=O)Nc1ccc([C@@H]2O[C@H](CSc3ncn[nH]3)C[C@H](c3ccc(CO)cc3)O2)cc1. The van der Waals surface area contributed by atoms with Crippen LogP contribution in [0, 0.1) is 0 Å². The Morgan fingerprint density at radius 2 is 1.67 bits per heavy atom. The number of nitrogens with zero attached hydrogens (tertiary/aromatic N) is 2. The first-order valence-corrected chi connectivity index (χ1v) is 15.0. The van der Waals surface area contributed by atoms with E-state index in [1.807, 2.05) is 48.5 Å². The number of aliphatic hydroxyl groups is 1. The molecule has 1 aliphatic rings. The maximum atomic E-state index is 12.5. The molecule has 11 nitrogen and oxygen atoms in total. The Labute approximate surface area is 253 Å². The summed E-state index contributed by atoms with van der Waals surface area (Å²) in [5.74, 6) is 0.286. The Morgan fingerprint density at radius 3 is 2.37 bits per heavy atom. The van der Waals surface area contributed by atoms with Crippen LogP contribution in [0.1, 0.15) is 54.8 Å². The first-order chi connectivity index (χ1) is 21.0. The summed E-state index contributed by atoms with van der Waals surface area (Å²) >= 11 is 1.53. The molecule has 224 valence electrons. The highest BCUT2D eigenvalue weighted by Gasteiger charge is 2.32. The Bertz CT molecular complexity index is 1480. The zero-order valence-electron chi connectivity index (χ0n) is 23.4. The van der Waals surface area contributed by atoms with Gasteiger partial charge in [-0.05, 0) is 41.8 Å². The minimum Gasteiger partial charge on any atom is -0.397 e. The maximum Gasteiger partial charge on any atom is 0.224 e. The van der Waals surface area contributed by atoms with E-state index in [1.54, 1.807) is 24.3 Å². The number of nitrogens with one attached hydrogen (secondary N) is 3. The molecule has 0 unspecified atom stereocenters. The average Bonchev–Trinajstić information content (AvgIpc) is 3.55. The quantitative estimate of drug-likeness (QED) is 0.111. The highest BCUT2D eigenvalue weighted by Crippen LogP contribution is 2.39. The predicted octanol–water partition coefficient (Wildman–Crippen LogP) is 4.96. The molecule has 0 spiro atoms. The summed E-state index contributed by atoms with van der Waals surface area (Å²) in [6, 6.07) is 22.1. The van der Waals surface area contributed by atoms with Gasteiger partial charge in [-0.2, -0.15) is 5.10 Å². The van der Waals surface area contributed by atoms with Gasteiger partial charge >= 0.3 is 0 Å². The van der Waals surface area contributed by atoms with Crippen molar-refractivity contribution in [1.82, 2.24) is 15.2 Å². The van der Waals surface area contributed by atoms with Crippen LogP contribution in [0.2, 0.25) is 0 Å². The van der Waals surface area contributed by atoms with E-state index in [4.69, 9.17) is 15.2 Å². The third-order valence-corrected chi connectivity index (χ3v) is 7.93. The number of aromatic amines is 1. The number of nitrogens with two attached hydrogens (primary N) is 1. The molecule has 1 fully saturated rings. The van der Waals surface area contributed by atoms with Crippen molar-refractivity contribution >= 4 is 40.6 Å². The van der Waals surface area contributed by atoms with Crippen LogP contribution in [0.3, 0.4) is 0 Å². The summed E-state index contributed by atoms with van der Waals surface area (Å²) in [6.45, 7) is -0.0178. The summed E-state index contributed by atoms with van der Waals surface area (Å²) in [7, 11) is 0. The number of carbonyl (C=O) groups excluding carboxylic acids is 2. The van der Waals surface area contributed by atoms with E-state index in [1.165, 1.54) is 18.1 Å². The van der Waals surface area contributed by atoms with Gasteiger partial charge in [0, 0.05) is 36.3 Å². The molecule has 6 N–H and O–H groups in total. The number of ether oxygens (including phenoxy) is 2. The number of nitrogen functional groups attached to an aromatic ring is 1. The van der Waals surface area contributed by atoms with Gasteiger partial charge in [0.05, 0.1) is 30.2 Å². The minimum absolute atomic E-state index is 0.0178. The van der Waals surface area contributed by atoms with Crippen LogP contribution in [-0.2, 0) is 25.7 Å². The van der Waals surface area contributed by atoms with Crippen molar-refractivity contribution in [3.63, 3.8) is 0 Å². The second-order valence-electron chi connectivity index (χ2n) is 10.1. The van der Waals surface area contributed by atoms with Crippen LogP contribution in [-0.4, -0.2) is 44.0 Å². The van der Waals surface area contributed by atoms with Crippen molar-refractivity contribution in [3.05, 3.63) is 95.8 Å². The highest BCUT2D eigenvalue weighted by atomic mass is 32.2. The lowest BCUT2D eigenvalue weighted by atomic mass is 10.0. The third kappa shape index (κ3) is 8.64. The summed E-state index contributed by atoms with van der Waals surface area (Å²) in [4.78, 5) is 28.9. The van der Waals surface area contributed by atoms with Crippen LogP contribution < -0.4 is 16.4 Å². The molecular weight excluding hydrogens is 568 g/mol. The van der Waals surface area contributed by atoms with E-state index >= 15 is 0 Å². The standard InChI is InChI=1S/C31H34N6O5S/c32-25-4-1-2-5-26(25)36-29(40)7-3-6-28(39)35-23-14-12-22(13-15-23)30-41-24(18-43-31-33-19-34-37-31)16-27(42-30)21-10-8-20(17-38)9-11-21/h1-2,4-5,8-15,19,24,27,30,38H,3,6-7,16-18,32H2,(H,35,39)(H,36,40)(H,33,34,37)/t24-,27+,30+/m0/s1. The molecule has 1 aromatic heterocycles. The number of aromatic nitrogens is 3. The molecule has 0 aliphatic carbocycles. The molecule has 12 heteroatoms. The van der Waals surface area contributed by atoms with Gasteiger partial charge in [-0.1, -0.05) is 60.3 Å². The lowest BCUT2D eigenvalue weighted by Crippen LogP contribution is -2.31. The first-order valence-electron chi connectivity index (χ1n) is 14.0. The fourth-order valence-corrected chi connectivity index (χ4v) is 5.44. The van der Waals surface area contributed by atoms with E-state index in [-0.39, 0.29) is 43.5 Å². The van der Waals surface area contributed by atoms with Crippen molar-refractivity contribution in [3.8, 4) is 0 Å². The molecule has 2 heterocycles. The number of thioether (sulfide) groups is 1. The Balaban J connectivity index is 1.15. The minimum atomic E-state index is -0.612. The van der Waals surface area contributed by atoms with Crippen molar-refractivity contribution in [2.24, 2.45) is 0 Å². The monoisotopic (exact) mass is 602 g/mol. The fraction of sp³-hybridized carbons (Fsp3) is 0.290. The number of benzene rings is 3. The van der Waals surface area contributed by atoms with E-state index < -0.39 is 6.29 Å². The van der Waals surface area contributed by atoms with Gasteiger partial charge in [-0.15, -0.1) is 0 Å². The lowest BCUT2D eigenvalue weighted by Gasteiger charge is -2.36. The van der Waals surface area contributed by atoms with Gasteiger partial charge in [-0.25, -0.2) is 4.98 Å². The number of H-pyrrole nitrogens is 1. The van der Waals surface area contributed by atoms with Crippen LogP contribution in [0.4, 0.5) is 17.1 Å². The lowest BCUT2D eigenvalue weighted by molar-refractivity contribution is -0.245.